The number of carbonyl (C=O) groups excluding carboxylic acids is 1. The summed E-state index contributed by atoms with van der Waals surface area (Å²) in [6.45, 7) is 2.72. The quantitative estimate of drug-likeness (QED) is 0.839. The Morgan fingerprint density at radius 1 is 1.41 bits per heavy atom. The third-order valence-corrected chi connectivity index (χ3v) is 3.12. The number of hydrogen-bond acceptors (Lipinski definition) is 2. The largest absolute Gasteiger partial charge is 0.355 e. The lowest BCUT2D eigenvalue weighted by atomic mass is 10.0. The van der Waals surface area contributed by atoms with Gasteiger partial charge in [0, 0.05) is 25.0 Å². The highest BCUT2D eigenvalue weighted by molar-refractivity contribution is 5.76. The molecule has 1 amide bonds. The molecule has 0 spiro atoms. The van der Waals surface area contributed by atoms with Gasteiger partial charge in [0.25, 0.3) is 0 Å². The maximum absolute atomic E-state index is 12.8. The molecule has 2 atom stereocenters. The van der Waals surface area contributed by atoms with Crippen molar-refractivity contribution < 1.29 is 9.18 Å². The number of benzene rings is 1. The van der Waals surface area contributed by atoms with E-state index in [4.69, 9.17) is 0 Å². The predicted octanol–water partition coefficient (Wildman–Crippen LogP) is 1.75. The van der Waals surface area contributed by atoms with Crippen LogP contribution in [-0.2, 0) is 4.79 Å². The zero-order chi connectivity index (χ0) is 12.3. The van der Waals surface area contributed by atoms with E-state index in [1.807, 2.05) is 6.92 Å². The van der Waals surface area contributed by atoms with E-state index in [9.17, 15) is 9.18 Å². The maximum Gasteiger partial charge on any atom is 0.220 e. The molecule has 1 aromatic carbocycles. The van der Waals surface area contributed by atoms with E-state index in [0.29, 0.717) is 19.0 Å². The summed E-state index contributed by atoms with van der Waals surface area (Å²) >= 11 is 0. The van der Waals surface area contributed by atoms with Crippen LogP contribution in [0, 0.1) is 5.82 Å². The van der Waals surface area contributed by atoms with Crippen LogP contribution in [0.15, 0.2) is 24.3 Å². The van der Waals surface area contributed by atoms with Gasteiger partial charge in [0.15, 0.2) is 0 Å². The van der Waals surface area contributed by atoms with Crippen LogP contribution in [0.1, 0.15) is 31.4 Å². The van der Waals surface area contributed by atoms with Crippen molar-refractivity contribution in [1.82, 2.24) is 10.6 Å². The molecule has 3 nitrogen and oxygen atoms in total. The first-order valence-electron chi connectivity index (χ1n) is 5.93. The monoisotopic (exact) mass is 236 g/mol. The molecule has 2 unspecified atom stereocenters. The highest BCUT2D eigenvalue weighted by Gasteiger charge is 2.19. The van der Waals surface area contributed by atoms with Crippen molar-refractivity contribution in [3.8, 4) is 0 Å². The van der Waals surface area contributed by atoms with E-state index in [0.717, 1.165) is 12.0 Å². The summed E-state index contributed by atoms with van der Waals surface area (Å²) in [5, 5.41) is 6.27. The van der Waals surface area contributed by atoms with E-state index < -0.39 is 0 Å². The van der Waals surface area contributed by atoms with Gasteiger partial charge in [-0.25, -0.2) is 4.39 Å². The molecule has 17 heavy (non-hydrogen) atoms. The summed E-state index contributed by atoms with van der Waals surface area (Å²) in [6.07, 6.45) is 1.44. The Morgan fingerprint density at radius 3 is 2.71 bits per heavy atom. The Morgan fingerprint density at radius 2 is 2.12 bits per heavy atom. The van der Waals surface area contributed by atoms with Crippen molar-refractivity contribution in [2.24, 2.45) is 0 Å². The van der Waals surface area contributed by atoms with Gasteiger partial charge >= 0.3 is 0 Å². The SMILES string of the molecule is CC(NC1CCC(=O)NC1)c1ccc(F)cc1. The summed E-state index contributed by atoms with van der Waals surface area (Å²) < 4.78 is 12.8. The minimum absolute atomic E-state index is 0.123. The Labute approximate surface area is 100 Å². The Bertz CT molecular complexity index is 381. The number of hydrogen-bond donors (Lipinski definition) is 2. The zero-order valence-electron chi connectivity index (χ0n) is 9.87. The van der Waals surface area contributed by atoms with Crippen LogP contribution in [0.25, 0.3) is 0 Å². The first-order chi connectivity index (χ1) is 8.15. The molecule has 1 aromatic rings. The molecule has 0 aliphatic carbocycles. The number of carbonyl (C=O) groups is 1. The van der Waals surface area contributed by atoms with E-state index in [1.54, 1.807) is 12.1 Å². The minimum atomic E-state index is -0.217. The second-order valence-corrected chi connectivity index (χ2v) is 4.48. The second-order valence-electron chi connectivity index (χ2n) is 4.48. The second kappa shape index (κ2) is 5.27. The molecule has 0 radical (unpaired) electrons. The van der Waals surface area contributed by atoms with E-state index in [-0.39, 0.29) is 17.8 Å². The van der Waals surface area contributed by atoms with Gasteiger partial charge < -0.3 is 10.6 Å². The van der Waals surface area contributed by atoms with Gasteiger partial charge in [0.2, 0.25) is 5.91 Å². The fraction of sp³-hybridized carbons (Fsp3) is 0.462. The minimum Gasteiger partial charge on any atom is -0.355 e. The lowest BCUT2D eigenvalue weighted by Crippen LogP contribution is -2.46. The Balaban J connectivity index is 1.90. The molecule has 1 fully saturated rings. The molecule has 1 aliphatic heterocycles. The molecule has 2 rings (SSSR count). The van der Waals surface area contributed by atoms with Crippen molar-refractivity contribution in [2.75, 3.05) is 6.54 Å². The molecule has 1 aliphatic rings. The van der Waals surface area contributed by atoms with E-state index in [1.165, 1.54) is 12.1 Å². The van der Waals surface area contributed by atoms with Crippen molar-refractivity contribution in [3.05, 3.63) is 35.6 Å². The molecule has 0 aromatic heterocycles. The Kier molecular flexibility index (Phi) is 3.74. The van der Waals surface area contributed by atoms with Crippen LogP contribution in [0.2, 0.25) is 0 Å². The standard InChI is InChI=1S/C13H17FN2O/c1-9(10-2-4-11(14)5-3-10)16-12-6-7-13(17)15-8-12/h2-5,9,12,16H,6-8H2,1H3,(H,15,17). The maximum atomic E-state index is 12.8. The normalized spacial score (nSPS) is 22.0. The van der Waals surface area contributed by atoms with Crippen molar-refractivity contribution in [1.29, 1.82) is 0 Å². The first-order valence-corrected chi connectivity index (χ1v) is 5.93. The summed E-state index contributed by atoms with van der Waals surface area (Å²) in [7, 11) is 0. The van der Waals surface area contributed by atoms with Crippen LogP contribution in [0.4, 0.5) is 4.39 Å². The molecule has 0 bridgehead atoms. The third-order valence-electron chi connectivity index (χ3n) is 3.12. The summed E-state index contributed by atoms with van der Waals surface area (Å²) in [5.74, 6) is -0.0941. The topological polar surface area (TPSA) is 41.1 Å². The summed E-state index contributed by atoms with van der Waals surface area (Å²) in [5.41, 5.74) is 1.06. The van der Waals surface area contributed by atoms with Gasteiger partial charge in [-0.1, -0.05) is 12.1 Å². The molecular weight excluding hydrogens is 219 g/mol. The van der Waals surface area contributed by atoms with Crippen molar-refractivity contribution in [3.63, 3.8) is 0 Å². The van der Waals surface area contributed by atoms with E-state index in [2.05, 4.69) is 10.6 Å². The molecule has 0 saturated carbocycles. The highest BCUT2D eigenvalue weighted by atomic mass is 19.1. The molecule has 92 valence electrons. The Hall–Kier alpha value is -1.42. The van der Waals surface area contributed by atoms with Crippen LogP contribution < -0.4 is 10.6 Å². The van der Waals surface area contributed by atoms with Gasteiger partial charge in [-0.05, 0) is 31.0 Å². The smallest absolute Gasteiger partial charge is 0.220 e. The first kappa shape index (κ1) is 12.0. The molecular formula is C13H17FN2O. The van der Waals surface area contributed by atoms with Crippen LogP contribution >= 0.6 is 0 Å². The van der Waals surface area contributed by atoms with Crippen LogP contribution in [0.3, 0.4) is 0 Å². The molecule has 4 heteroatoms. The number of halogens is 1. The van der Waals surface area contributed by atoms with Gasteiger partial charge in [0.1, 0.15) is 5.82 Å². The molecule has 1 heterocycles. The number of nitrogens with one attached hydrogen (secondary N) is 2. The van der Waals surface area contributed by atoms with Gasteiger partial charge in [0.05, 0.1) is 0 Å². The fourth-order valence-electron chi connectivity index (χ4n) is 2.08. The number of rotatable bonds is 3. The number of amides is 1. The zero-order valence-corrected chi connectivity index (χ0v) is 9.87. The van der Waals surface area contributed by atoms with Gasteiger partial charge in [-0.2, -0.15) is 0 Å². The van der Waals surface area contributed by atoms with Crippen molar-refractivity contribution in [2.45, 2.75) is 31.8 Å². The van der Waals surface area contributed by atoms with Crippen LogP contribution in [0.5, 0.6) is 0 Å². The van der Waals surface area contributed by atoms with Gasteiger partial charge in [-0.15, -0.1) is 0 Å². The lowest BCUT2D eigenvalue weighted by Gasteiger charge is -2.27. The highest BCUT2D eigenvalue weighted by Crippen LogP contribution is 2.15. The summed E-state index contributed by atoms with van der Waals surface area (Å²) in [4.78, 5) is 11.0. The summed E-state index contributed by atoms with van der Waals surface area (Å²) in [6, 6.07) is 6.97. The van der Waals surface area contributed by atoms with Crippen molar-refractivity contribution >= 4 is 5.91 Å². The van der Waals surface area contributed by atoms with E-state index >= 15 is 0 Å². The average Bonchev–Trinajstić information content (AvgIpc) is 2.33. The fourth-order valence-corrected chi connectivity index (χ4v) is 2.08. The average molecular weight is 236 g/mol. The van der Waals surface area contributed by atoms with Crippen LogP contribution in [-0.4, -0.2) is 18.5 Å². The molecule has 1 saturated heterocycles. The van der Waals surface area contributed by atoms with Gasteiger partial charge in [-0.3, -0.25) is 4.79 Å². The lowest BCUT2D eigenvalue weighted by molar-refractivity contribution is -0.122. The molecule has 2 N–H and O–H groups in total. The predicted molar refractivity (Wildman–Crippen MR) is 64.0 cm³/mol. The third kappa shape index (κ3) is 3.27. The number of piperidine rings is 1.